The molecule has 6 heteroatoms. The Morgan fingerprint density at radius 2 is 1.66 bits per heavy atom. The number of furan rings is 1. The third kappa shape index (κ3) is 2.68. The van der Waals surface area contributed by atoms with Crippen molar-refractivity contribution in [3.05, 3.63) is 84.3 Å². The van der Waals surface area contributed by atoms with Crippen LogP contribution < -0.4 is 9.91 Å². The molecule has 1 saturated heterocycles. The van der Waals surface area contributed by atoms with Crippen molar-refractivity contribution in [2.75, 3.05) is 9.91 Å². The second kappa shape index (κ2) is 6.74. The van der Waals surface area contributed by atoms with Gasteiger partial charge in [-0.2, -0.15) is 5.10 Å². The number of aryl methyl sites for hydroxylation is 1. The Morgan fingerprint density at radius 1 is 0.897 bits per heavy atom. The molecular weight excluding hydrogens is 366 g/mol. The lowest BCUT2D eigenvalue weighted by molar-refractivity contribution is -0.121. The molecule has 0 spiro atoms. The summed E-state index contributed by atoms with van der Waals surface area (Å²) in [5.74, 6) is -0.765. The van der Waals surface area contributed by atoms with E-state index in [0.717, 1.165) is 17.7 Å². The van der Waals surface area contributed by atoms with Crippen molar-refractivity contribution in [1.82, 2.24) is 0 Å². The van der Waals surface area contributed by atoms with Crippen LogP contribution in [0, 0.1) is 5.92 Å². The third-order valence-electron chi connectivity index (χ3n) is 5.45. The molecule has 2 atom stereocenters. The van der Waals surface area contributed by atoms with E-state index in [0.29, 0.717) is 17.2 Å². The predicted molar refractivity (Wildman–Crippen MR) is 110 cm³/mol. The van der Waals surface area contributed by atoms with Crippen molar-refractivity contribution in [2.45, 2.75) is 19.4 Å². The minimum Gasteiger partial charge on any atom is -0.463 e. The first-order valence-corrected chi connectivity index (χ1v) is 9.62. The van der Waals surface area contributed by atoms with Gasteiger partial charge >= 0.3 is 0 Å². The van der Waals surface area contributed by atoms with Crippen molar-refractivity contribution in [3.8, 4) is 0 Å². The van der Waals surface area contributed by atoms with Crippen molar-refractivity contribution in [1.29, 1.82) is 0 Å². The number of benzene rings is 2. The van der Waals surface area contributed by atoms with Crippen LogP contribution in [0.5, 0.6) is 0 Å². The van der Waals surface area contributed by atoms with Gasteiger partial charge in [0.25, 0.3) is 5.91 Å². The SMILES string of the molecule is CCc1ccc(N2C(=O)C3C(c4ccco4)=NN(c4ccccc4)C3C2=O)cc1. The first kappa shape index (κ1) is 17.4. The molecule has 0 N–H and O–H groups in total. The van der Waals surface area contributed by atoms with E-state index in [9.17, 15) is 9.59 Å². The van der Waals surface area contributed by atoms with Gasteiger partial charge in [-0.25, -0.2) is 4.90 Å². The molecule has 2 aliphatic rings. The van der Waals surface area contributed by atoms with Gasteiger partial charge in [-0.1, -0.05) is 37.3 Å². The van der Waals surface area contributed by atoms with Gasteiger partial charge in [-0.05, 0) is 48.4 Å². The van der Waals surface area contributed by atoms with Gasteiger partial charge in [0.1, 0.15) is 17.7 Å². The number of carbonyl (C=O) groups is 2. The van der Waals surface area contributed by atoms with Crippen LogP contribution in [-0.4, -0.2) is 23.6 Å². The molecule has 3 heterocycles. The number of anilines is 2. The molecule has 0 saturated carbocycles. The summed E-state index contributed by atoms with van der Waals surface area (Å²) in [6.07, 6.45) is 2.44. The lowest BCUT2D eigenvalue weighted by atomic mass is 9.96. The van der Waals surface area contributed by atoms with E-state index in [4.69, 9.17) is 4.42 Å². The molecular formula is C23H19N3O3. The third-order valence-corrected chi connectivity index (χ3v) is 5.45. The first-order chi connectivity index (χ1) is 14.2. The molecule has 1 fully saturated rings. The number of amides is 2. The lowest BCUT2D eigenvalue weighted by Gasteiger charge is -2.22. The molecule has 144 valence electrons. The number of rotatable bonds is 4. The Kier molecular flexibility index (Phi) is 4.05. The van der Waals surface area contributed by atoms with Crippen molar-refractivity contribution in [3.63, 3.8) is 0 Å². The van der Waals surface area contributed by atoms with E-state index in [1.807, 2.05) is 54.6 Å². The summed E-state index contributed by atoms with van der Waals surface area (Å²) in [5, 5.41) is 6.27. The number of fused-ring (bicyclic) bond motifs is 1. The van der Waals surface area contributed by atoms with Gasteiger partial charge in [0.2, 0.25) is 5.91 Å². The van der Waals surface area contributed by atoms with Gasteiger partial charge in [0.15, 0.2) is 5.76 Å². The predicted octanol–water partition coefficient (Wildman–Crippen LogP) is 3.62. The quantitative estimate of drug-likeness (QED) is 0.644. The molecule has 29 heavy (non-hydrogen) atoms. The Hall–Kier alpha value is -3.67. The van der Waals surface area contributed by atoms with E-state index >= 15 is 0 Å². The number of hydrazone groups is 1. The monoisotopic (exact) mass is 385 g/mol. The zero-order valence-corrected chi connectivity index (χ0v) is 15.9. The maximum Gasteiger partial charge on any atom is 0.259 e. The topological polar surface area (TPSA) is 66.1 Å². The highest BCUT2D eigenvalue weighted by Crippen LogP contribution is 2.39. The number of carbonyl (C=O) groups excluding carboxylic acids is 2. The molecule has 0 aliphatic carbocycles. The van der Waals surface area contributed by atoms with Crippen LogP contribution in [-0.2, 0) is 16.0 Å². The smallest absolute Gasteiger partial charge is 0.259 e. The van der Waals surface area contributed by atoms with E-state index in [2.05, 4.69) is 12.0 Å². The maximum atomic E-state index is 13.4. The van der Waals surface area contributed by atoms with Gasteiger partial charge < -0.3 is 4.42 Å². The summed E-state index contributed by atoms with van der Waals surface area (Å²) in [6, 6.07) is 19.7. The number of imide groups is 1. The van der Waals surface area contributed by atoms with Gasteiger partial charge in [-0.15, -0.1) is 0 Å². The number of hydrogen-bond donors (Lipinski definition) is 0. The molecule has 3 aromatic rings. The highest BCUT2D eigenvalue weighted by Gasteiger charge is 2.57. The van der Waals surface area contributed by atoms with Crippen LogP contribution in [0.2, 0.25) is 0 Å². The fourth-order valence-corrected chi connectivity index (χ4v) is 3.97. The lowest BCUT2D eigenvalue weighted by Crippen LogP contribution is -2.39. The van der Waals surface area contributed by atoms with Crippen molar-refractivity contribution < 1.29 is 14.0 Å². The molecule has 2 aromatic carbocycles. The van der Waals surface area contributed by atoms with Crippen LogP contribution >= 0.6 is 0 Å². The summed E-state index contributed by atoms with van der Waals surface area (Å²) in [4.78, 5) is 28.1. The molecule has 1 aromatic heterocycles. The highest BCUT2D eigenvalue weighted by molar-refractivity contribution is 6.33. The number of para-hydroxylation sites is 1. The van der Waals surface area contributed by atoms with E-state index < -0.39 is 12.0 Å². The summed E-state index contributed by atoms with van der Waals surface area (Å²) < 4.78 is 5.53. The van der Waals surface area contributed by atoms with Crippen LogP contribution in [0.4, 0.5) is 11.4 Å². The Balaban J connectivity index is 1.60. The van der Waals surface area contributed by atoms with Crippen molar-refractivity contribution >= 4 is 28.9 Å². The minimum absolute atomic E-state index is 0.279. The molecule has 2 unspecified atom stereocenters. The van der Waals surface area contributed by atoms with E-state index in [1.165, 1.54) is 4.90 Å². The standard InChI is InChI=1S/C23H19N3O3/c1-2-15-10-12-16(13-11-15)25-22(27)19-20(18-9-6-14-29-18)24-26(21(19)23(25)28)17-7-4-3-5-8-17/h3-14,19,21H,2H2,1H3. The first-order valence-electron chi connectivity index (χ1n) is 9.62. The second-order valence-electron chi connectivity index (χ2n) is 7.10. The van der Waals surface area contributed by atoms with E-state index in [1.54, 1.807) is 23.4 Å². The maximum absolute atomic E-state index is 13.4. The van der Waals surface area contributed by atoms with Crippen molar-refractivity contribution in [2.24, 2.45) is 11.0 Å². The number of nitrogens with zero attached hydrogens (tertiary/aromatic N) is 3. The van der Waals surface area contributed by atoms with Gasteiger partial charge in [-0.3, -0.25) is 14.6 Å². The molecule has 6 nitrogen and oxygen atoms in total. The fourth-order valence-electron chi connectivity index (χ4n) is 3.97. The Bertz CT molecular complexity index is 1090. The fraction of sp³-hybridized carbons (Fsp3) is 0.174. The van der Waals surface area contributed by atoms with Crippen LogP contribution in [0.15, 0.2) is 82.5 Å². The molecule has 0 radical (unpaired) electrons. The second-order valence-corrected chi connectivity index (χ2v) is 7.10. The average Bonchev–Trinajstić information content (AvgIpc) is 3.47. The summed E-state index contributed by atoms with van der Waals surface area (Å²) in [6.45, 7) is 2.06. The zero-order chi connectivity index (χ0) is 20.0. The molecule has 5 rings (SSSR count). The van der Waals surface area contributed by atoms with Gasteiger partial charge in [0.05, 0.1) is 17.6 Å². The average molecular weight is 385 g/mol. The number of hydrogen-bond acceptors (Lipinski definition) is 5. The summed E-state index contributed by atoms with van der Waals surface area (Å²) in [5.41, 5.74) is 2.97. The summed E-state index contributed by atoms with van der Waals surface area (Å²) >= 11 is 0. The normalized spacial score (nSPS) is 20.9. The molecule has 2 amide bonds. The van der Waals surface area contributed by atoms with Crippen LogP contribution in [0.1, 0.15) is 18.2 Å². The van der Waals surface area contributed by atoms with E-state index in [-0.39, 0.29) is 11.8 Å². The highest BCUT2D eigenvalue weighted by atomic mass is 16.3. The summed E-state index contributed by atoms with van der Waals surface area (Å²) in [7, 11) is 0. The largest absolute Gasteiger partial charge is 0.463 e. The van der Waals surface area contributed by atoms with Crippen LogP contribution in [0.25, 0.3) is 0 Å². The molecule has 2 aliphatic heterocycles. The minimum atomic E-state index is -0.726. The van der Waals surface area contributed by atoms with Gasteiger partial charge in [0, 0.05) is 0 Å². The Morgan fingerprint density at radius 3 is 2.31 bits per heavy atom. The molecule has 0 bridgehead atoms. The zero-order valence-electron chi connectivity index (χ0n) is 15.9. The van der Waals surface area contributed by atoms with Crippen LogP contribution in [0.3, 0.4) is 0 Å². The Labute approximate surface area is 168 Å².